The summed E-state index contributed by atoms with van der Waals surface area (Å²) in [6.45, 7) is 0. The summed E-state index contributed by atoms with van der Waals surface area (Å²) in [5.41, 5.74) is 0.981. The first-order valence-corrected chi connectivity index (χ1v) is 9.06. The molecule has 0 spiro atoms. The summed E-state index contributed by atoms with van der Waals surface area (Å²) in [5, 5.41) is 4.39. The second kappa shape index (κ2) is 7.48. The molecule has 0 bridgehead atoms. The molecule has 0 aliphatic rings. The predicted molar refractivity (Wildman–Crippen MR) is 97.1 cm³/mol. The maximum absolute atomic E-state index is 12.8. The van der Waals surface area contributed by atoms with Gasteiger partial charge in [-0.25, -0.2) is 9.48 Å². The zero-order valence-electron chi connectivity index (χ0n) is 14.4. The third kappa shape index (κ3) is 4.00. The molecular formula is C19H15F3N2O2S. The van der Waals surface area contributed by atoms with Gasteiger partial charge < -0.3 is 4.74 Å². The van der Waals surface area contributed by atoms with E-state index < -0.39 is 17.7 Å². The first-order chi connectivity index (χ1) is 12.8. The lowest BCUT2D eigenvalue weighted by Gasteiger charge is -2.09. The van der Waals surface area contributed by atoms with Crippen molar-refractivity contribution in [3.63, 3.8) is 0 Å². The molecule has 0 aliphatic carbocycles. The molecule has 0 radical (unpaired) electrons. The molecule has 1 heterocycles. The molecule has 2 aromatic carbocycles. The number of halogens is 3. The molecule has 0 aliphatic heterocycles. The van der Waals surface area contributed by atoms with Crippen LogP contribution in [0.25, 0.3) is 16.9 Å². The summed E-state index contributed by atoms with van der Waals surface area (Å²) in [5.74, 6) is -0.630. The number of carbonyl (C=O) groups excluding carboxylic acids is 1. The predicted octanol–water partition coefficient (Wildman–Crippen LogP) is 5.07. The molecule has 0 unspecified atom stereocenters. The van der Waals surface area contributed by atoms with Crippen LogP contribution in [0.5, 0.6) is 0 Å². The number of benzene rings is 2. The van der Waals surface area contributed by atoms with Crippen LogP contribution in [0.3, 0.4) is 0 Å². The van der Waals surface area contributed by atoms with Crippen LogP contribution in [-0.4, -0.2) is 29.1 Å². The Morgan fingerprint density at radius 1 is 1.07 bits per heavy atom. The fourth-order valence-electron chi connectivity index (χ4n) is 2.52. The van der Waals surface area contributed by atoms with E-state index in [4.69, 9.17) is 4.74 Å². The summed E-state index contributed by atoms with van der Waals surface area (Å²) < 4.78 is 44.4. The number of aromatic nitrogens is 2. The van der Waals surface area contributed by atoms with Gasteiger partial charge in [0.1, 0.15) is 0 Å². The molecule has 0 amide bonds. The Morgan fingerprint density at radius 2 is 1.70 bits per heavy atom. The van der Waals surface area contributed by atoms with Crippen LogP contribution in [0.1, 0.15) is 16.1 Å². The largest absolute Gasteiger partial charge is 0.464 e. The fraction of sp³-hybridized carbons (Fsp3) is 0.158. The number of nitrogens with zero attached hydrogens (tertiary/aromatic N) is 2. The maximum atomic E-state index is 12.8. The zero-order valence-corrected chi connectivity index (χ0v) is 15.3. The number of thioether (sulfide) groups is 1. The third-order valence-corrected chi connectivity index (χ3v) is 4.67. The fourth-order valence-corrected chi connectivity index (χ4v) is 2.93. The minimum Gasteiger partial charge on any atom is -0.464 e. The standard InChI is InChI=1S/C19H15F3N2O2S/c1-26-18(25)17-11-16(12-3-9-15(27-2)10-4-12)23-24(17)14-7-5-13(6-8-14)19(20,21)22/h3-11H,1-2H3. The average Bonchev–Trinajstić information content (AvgIpc) is 3.12. The minimum atomic E-state index is -4.43. The topological polar surface area (TPSA) is 44.1 Å². The molecule has 0 fully saturated rings. The van der Waals surface area contributed by atoms with Crippen LogP contribution in [0.15, 0.2) is 59.5 Å². The summed E-state index contributed by atoms with van der Waals surface area (Å²) in [6.07, 6.45) is -2.47. The van der Waals surface area contributed by atoms with E-state index in [-0.39, 0.29) is 5.69 Å². The Morgan fingerprint density at radius 3 is 2.22 bits per heavy atom. The second-order valence-corrected chi connectivity index (χ2v) is 6.47. The summed E-state index contributed by atoms with van der Waals surface area (Å²) >= 11 is 1.60. The van der Waals surface area contributed by atoms with Crippen molar-refractivity contribution >= 4 is 17.7 Å². The number of esters is 1. The van der Waals surface area contributed by atoms with Gasteiger partial charge in [0.15, 0.2) is 5.69 Å². The van der Waals surface area contributed by atoms with E-state index in [1.165, 1.54) is 23.9 Å². The SMILES string of the molecule is COC(=O)c1cc(-c2ccc(SC)cc2)nn1-c1ccc(C(F)(F)F)cc1. The highest BCUT2D eigenvalue weighted by molar-refractivity contribution is 7.98. The van der Waals surface area contributed by atoms with Crippen molar-refractivity contribution < 1.29 is 22.7 Å². The lowest BCUT2D eigenvalue weighted by molar-refractivity contribution is -0.137. The van der Waals surface area contributed by atoms with Crippen molar-refractivity contribution in [2.45, 2.75) is 11.1 Å². The first kappa shape index (κ1) is 19.0. The molecule has 27 heavy (non-hydrogen) atoms. The first-order valence-electron chi connectivity index (χ1n) is 7.84. The Bertz CT molecular complexity index is 949. The van der Waals surface area contributed by atoms with Crippen LogP contribution >= 0.6 is 11.8 Å². The van der Waals surface area contributed by atoms with E-state index in [2.05, 4.69) is 5.10 Å². The molecule has 1 aromatic heterocycles. The van der Waals surface area contributed by atoms with Crippen molar-refractivity contribution in [2.75, 3.05) is 13.4 Å². The molecule has 3 rings (SSSR count). The van der Waals surface area contributed by atoms with E-state index in [1.807, 2.05) is 30.5 Å². The van der Waals surface area contributed by atoms with Gasteiger partial charge >= 0.3 is 12.1 Å². The summed E-state index contributed by atoms with van der Waals surface area (Å²) in [4.78, 5) is 13.2. The van der Waals surface area contributed by atoms with Crippen molar-refractivity contribution in [2.24, 2.45) is 0 Å². The number of carbonyl (C=O) groups is 1. The van der Waals surface area contributed by atoms with Gasteiger partial charge in [-0.2, -0.15) is 18.3 Å². The molecule has 0 saturated heterocycles. The molecule has 0 N–H and O–H groups in total. The van der Waals surface area contributed by atoms with E-state index >= 15 is 0 Å². The molecule has 8 heteroatoms. The zero-order chi connectivity index (χ0) is 19.6. The van der Waals surface area contributed by atoms with Crippen molar-refractivity contribution in [3.8, 4) is 16.9 Å². The van der Waals surface area contributed by atoms with Gasteiger partial charge in [0.2, 0.25) is 0 Å². The molecule has 4 nitrogen and oxygen atoms in total. The summed E-state index contributed by atoms with van der Waals surface area (Å²) in [7, 11) is 1.24. The number of alkyl halides is 3. The van der Waals surface area contributed by atoms with Crippen LogP contribution in [0.2, 0.25) is 0 Å². The number of ether oxygens (including phenoxy) is 1. The highest BCUT2D eigenvalue weighted by atomic mass is 32.2. The van der Waals surface area contributed by atoms with E-state index in [0.717, 1.165) is 22.6 Å². The van der Waals surface area contributed by atoms with Gasteiger partial charge in [0.25, 0.3) is 0 Å². The minimum absolute atomic E-state index is 0.126. The number of hydrogen-bond acceptors (Lipinski definition) is 4. The van der Waals surface area contributed by atoms with Gasteiger partial charge in [0.05, 0.1) is 24.1 Å². The number of hydrogen-bond donors (Lipinski definition) is 0. The highest BCUT2D eigenvalue weighted by Gasteiger charge is 2.30. The lowest BCUT2D eigenvalue weighted by atomic mass is 10.1. The van der Waals surface area contributed by atoms with Crippen molar-refractivity contribution in [3.05, 3.63) is 65.9 Å². The molecule has 140 valence electrons. The van der Waals surface area contributed by atoms with E-state index in [0.29, 0.717) is 11.4 Å². The normalized spacial score (nSPS) is 11.4. The Balaban J connectivity index is 2.05. The molecule has 0 saturated carbocycles. The quantitative estimate of drug-likeness (QED) is 0.460. The van der Waals surface area contributed by atoms with Crippen molar-refractivity contribution in [1.29, 1.82) is 0 Å². The summed E-state index contributed by atoms with van der Waals surface area (Å²) in [6, 6.07) is 13.6. The molecule has 3 aromatic rings. The van der Waals surface area contributed by atoms with Crippen LogP contribution in [0, 0.1) is 0 Å². The smallest absolute Gasteiger partial charge is 0.416 e. The number of methoxy groups -OCH3 is 1. The molecule has 0 atom stereocenters. The highest BCUT2D eigenvalue weighted by Crippen LogP contribution is 2.30. The van der Waals surface area contributed by atoms with Gasteiger partial charge in [0, 0.05) is 10.5 Å². The second-order valence-electron chi connectivity index (χ2n) is 5.59. The van der Waals surface area contributed by atoms with E-state index in [1.54, 1.807) is 17.8 Å². The van der Waals surface area contributed by atoms with Crippen LogP contribution in [-0.2, 0) is 10.9 Å². The van der Waals surface area contributed by atoms with Gasteiger partial charge in [-0.3, -0.25) is 0 Å². The maximum Gasteiger partial charge on any atom is 0.416 e. The Hall–Kier alpha value is -2.74. The van der Waals surface area contributed by atoms with E-state index in [9.17, 15) is 18.0 Å². The van der Waals surface area contributed by atoms with Gasteiger partial charge in [-0.1, -0.05) is 12.1 Å². The van der Waals surface area contributed by atoms with Gasteiger partial charge in [-0.15, -0.1) is 11.8 Å². The van der Waals surface area contributed by atoms with Crippen LogP contribution in [0.4, 0.5) is 13.2 Å². The average molecular weight is 392 g/mol. The van der Waals surface area contributed by atoms with Crippen LogP contribution < -0.4 is 0 Å². The Kier molecular flexibility index (Phi) is 5.27. The number of rotatable bonds is 4. The van der Waals surface area contributed by atoms with Gasteiger partial charge in [-0.05, 0) is 48.7 Å². The Labute approximate surface area is 158 Å². The van der Waals surface area contributed by atoms with Crippen molar-refractivity contribution in [1.82, 2.24) is 9.78 Å². The lowest BCUT2D eigenvalue weighted by Crippen LogP contribution is -2.11. The molecular weight excluding hydrogens is 377 g/mol. The monoisotopic (exact) mass is 392 g/mol. The third-order valence-electron chi connectivity index (χ3n) is 3.93.